The molecule has 3 aromatic rings. The van der Waals surface area contributed by atoms with E-state index in [9.17, 15) is 14.4 Å². The third-order valence-corrected chi connectivity index (χ3v) is 7.51. The van der Waals surface area contributed by atoms with Crippen molar-refractivity contribution in [1.82, 2.24) is 34.4 Å². The van der Waals surface area contributed by atoms with E-state index in [1.165, 1.54) is 27.3 Å². The van der Waals surface area contributed by atoms with Gasteiger partial charge in [0.1, 0.15) is 28.3 Å². The van der Waals surface area contributed by atoms with E-state index in [1.54, 1.807) is 27.1 Å². The normalized spacial score (nSPS) is 15.6. The highest BCUT2D eigenvalue weighted by Crippen LogP contribution is 2.39. The van der Waals surface area contributed by atoms with Crippen LogP contribution in [0.3, 0.4) is 0 Å². The average molecular weight is 611 g/mol. The number of imidazole rings is 1. The molecule has 2 aliphatic rings. The van der Waals surface area contributed by atoms with Crippen molar-refractivity contribution >= 4 is 45.7 Å². The molecule has 0 aliphatic heterocycles. The SMILES string of the molecule is CCn1c(C(=O)N(C2CC2)C2CC2)cc2c3c(ncn3C)c(NC(=CC(=O)C(OC)OC)NN(C)C(=O)OC(C)(C)C)nc21. The van der Waals surface area contributed by atoms with Crippen LogP contribution in [0, 0.1) is 0 Å². The van der Waals surface area contributed by atoms with Crippen LogP contribution in [0.1, 0.15) is 63.9 Å². The van der Waals surface area contributed by atoms with E-state index < -0.39 is 23.8 Å². The molecule has 0 bridgehead atoms. The van der Waals surface area contributed by atoms with Gasteiger partial charge in [-0.1, -0.05) is 0 Å². The molecule has 2 aliphatic carbocycles. The first-order valence-electron chi connectivity index (χ1n) is 14.8. The molecule has 0 spiro atoms. The van der Waals surface area contributed by atoms with Crippen molar-refractivity contribution in [2.75, 3.05) is 26.6 Å². The number of hydrazine groups is 1. The number of hydrogen-bond donors (Lipinski definition) is 2. The van der Waals surface area contributed by atoms with Crippen molar-refractivity contribution in [1.29, 1.82) is 0 Å². The fourth-order valence-electron chi connectivity index (χ4n) is 5.28. The van der Waals surface area contributed by atoms with Crippen LogP contribution in [0.2, 0.25) is 0 Å². The second kappa shape index (κ2) is 12.1. The molecule has 0 atom stereocenters. The maximum Gasteiger partial charge on any atom is 0.428 e. The standard InChI is InChI=1S/C30H42N8O6/c1-9-37-20(27(40)38(17-10-11-17)18-12-13-18)14-19-24-23(31-16-35(24)5)25(33-26(19)37)32-22(15-21(39)28(42-7)43-8)34-36(6)29(41)44-30(2,3)4/h14-18,28,34H,9-13H2,1-8H3,(H,32,33). The predicted molar refractivity (Wildman–Crippen MR) is 164 cm³/mol. The molecule has 0 aromatic carbocycles. The molecule has 3 aromatic heterocycles. The van der Waals surface area contributed by atoms with Crippen molar-refractivity contribution < 1.29 is 28.6 Å². The smallest absolute Gasteiger partial charge is 0.428 e. The number of carbonyl (C=O) groups is 3. The zero-order chi connectivity index (χ0) is 31.9. The summed E-state index contributed by atoms with van der Waals surface area (Å²) in [6.07, 6.45) is 5.21. The van der Waals surface area contributed by atoms with Gasteiger partial charge < -0.3 is 33.6 Å². The Balaban J connectivity index is 1.57. The number of nitrogens with zero attached hydrogens (tertiary/aromatic N) is 6. The Hall–Kier alpha value is -4.17. The van der Waals surface area contributed by atoms with Gasteiger partial charge >= 0.3 is 6.09 Å². The minimum atomic E-state index is -1.17. The predicted octanol–water partition coefficient (Wildman–Crippen LogP) is 3.52. The summed E-state index contributed by atoms with van der Waals surface area (Å²) in [6, 6.07) is 2.53. The summed E-state index contributed by atoms with van der Waals surface area (Å²) in [5.41, 5.74) is 4.61. The highest BCUT2D eigenvalue weighted by atomic mass is 16.7. The van der Waals surface area contributed by atoms with Crippen LogP contribution in [-0.4, -0.2) is 92.0 Å². The molecular formula is C30H42N8O6. The van der Waals surface area contributed by atoms with E-state index in [2.05, 4.69) is 20.6 Å². The monoisotopic (exact) mass is 610 g/mol. The van der Waals surface area contributed by atoms with Crippen LogP contribution in [0.15, 0.2) is 24.3 Å². The van der Waals surface area contributed by atoms with Crippen LogP contribution in [-0.2, 0) is 32.6 Å². The third kappa shape index (κ3) is 6.36. The van der Waals surface area contributed by atoms with Gasteiger partial charge in [0.05, 0.1) is 11.8 Å². The van der Waals surface area contributed by atoms with Crippen LogP contribution in [0.25, 0.3) is 22.1 Å². The van der Waals surface area contributed by atoms with E-state index in [-0.39, 0.29) is 11.7 Å². The molecule has 2 N–H and O–H groups in total. The lowest BCUT2D eigenvalue weighted by molar-refractivity contribution is -0.151. The number of rotatable bonds is 12. The number of fused-ring (bicyclic) bond motifs is 3. The van der Waals surface area contributed by atoms with E-state index in [4.69, 9.17) is 19.2 Å². The van der Waals surface area contributed by atoms with Crippen LogP contribution in [0.4, 0.5) is 10.6 Å². The number of ketones is 1. The van der Waals surface area contributed by atoms with E-state index in [1.807, 2.05) is 29.2 Å². The number of carbonyl (C=O) groups excluding carboxylic acids is 3. The van der Waals surface area contributed by atoms with Gasteiger partial charge in [-0.2, -0.15) is 0 Å². The Labute approximate surface area is 256 Å². The maximum absolute atomic E-state index is 13.9. The van der Waals surface area contributed by atoms with E-state index in [0.29, 0.717) is 41.3 Å². The largest absolute Gasteiger partial charge is 0.442 e. The summed E-state index contributed by atoms with van der Waals surface area (Å²) < 4.78 is 19.5. The summed E-state index contributed by atoms with van der Waals surface area (Å²) >= 11 is 0. The second-order valence-electron chi connectivity index (χ2n) is 12.2. The molecule has 2 fully saturated rings. The van der Waals surface area contributed by atoms with E-state index in [0.717, 1.165) is 41.6 Å². The summed E-state index contributed by atoms with van der Waals surface area (Å²) in [4.78, 5) is 51.3. The van der Waals surface area contributed by atoms with Gasteiger partial charge in [0.2, 0.25) is 12.1 Å². The number of anilines is 1. The Kier molecular flexibility index (Phi) is 8.58. The average Bonchev–Trinajstić information content (AvgIpc) is 3.89. The van der Waals surface area contributed by atoms with Gasteiger partial charge in [-0.05, 0) is 59.4 Å². The molecule has 3 heterocycles. The lowest BCUT2D eigenvalue weighted by Crippen LogP contribution is -2.44. The van der Waals surface area contributed by atoms with Crippen molar-refractivity contribution in [2.24, 2.45) is 7.05 Å². The lowest BCUT2D eigenvalue weighted by atomic mass is 10.2. The number of hydrogen-bond acceptors (Lipinski definition) is 10. The minimum Gasteiger partial charge on any atom is -0.442 e. The number of nitrogens with one attached hydrogen (secondary N) is 2. The molecular weight excluding hydrogens is 568 g/mol. The zero-order valence-electron chi connectivity index (χ0n) is 26.6. The van der Waals surface area contributed by atoms with Gasteiger partial charge in [-0.15, -0.1) is 0 Å². The minimum absolute atomic E-state index is 0.0247. The molecule has 14 heteroatoms. The summed E-state index contributed by atoms with van der Waals surface area (Å²) in [5, 5.41) is 5.05. The quantitative estimate of drug-likeness (QED) is 0.178. The summed E-state index contributed by atoms with van der Waals surface area (Å²) in [5.74, 6) is -0.0832. The van der Waals surface area contributed by atoms with Crippen LogP contribution in [0.5, 0.6) is 0 Å². The third-order valence-electron chi connectivity index (χ3n) is 7.51. The molecule has 14 nitrogen and oxygen atoms in total. The summed E-state index contributed by atoms with van der Waals surface area (Å²) in [6.45, 7) is 7.77. The van der Waals surface area contributed by atoms with Crippen molar-refractivity contribution in [3.63, 3.8) is 0 Å². The highest BCUT2D eigenvalue weighted by molar-refractivity contribution is 6.10. The maximum atomic E-state index is 13.9. The highest BCUT2D eigenvalue weighted by Gasteiger charge is 2.43. The molecule has 0 radical (unpaired) electrons. The zero-order valence-corrected chi connectivity index (χ0v) is 26.6. The number of amides is 2. The first-order valence-corrected chi connectivity index (χ1v) is 14.8. The van der Waals surface area contributed by atoms with Gasteiger partial charge in [0.25, 0.3) is 5.91 Å². The van der Waals surface area contributed by atoms with Gasteiger partial charge in [0, 0.05) is 58.4 Å². The molecule has 0 unspecified atom stereocenters. The van der Waals surface area contributed by atoms with Gasteiger partial charge in [0.15, 0.2) is 5.82 Å². The number of pyridine rings is 1. The number of aryl methyl sites for hydroxylation is 2. The van der Waals surface area contributed by atoms with Gasteiger partial charge in [-0.25, -0.2) is 19.8 Å². The Morgan fingerprint density at radius 3 is 2.32 bits per heavy atom. The van der Waals surface area contributed by atoms with Crippen molar-refractivity contribution in [3.05, 3.63) is 30.0 Å². The Morgan fingerprint density at radius 1 is 1.14 bits per heavy atom. The second-order valence-corrected chi connectivity index (χ2v) is 12.2. The molecule has 2 saturated carbocycles. The first-order chi connectivity index (χ1) is 20.9. The Morgan fingerprint density at radius 2 is 1.77 bits per heavy atom. The fraction of sp³-hybridized carbons (Fsp3) is 0.567. The van der Waals surface area contributed by atoms with Gasteiger partial charge in [-0.3, -0.25) is 15.0 Å². The van der Waals surface area contributed by atoms with Crippen LogP contribution >= 0.6 is 0 Å². The molecule has 0 saturated heterocycles. The Bertz CT molecular complexity index is 1590. The topological polar surface area (TPSA) is 145 Å². The first kappa shape index (κ1) is 31.3. The number of methoxy groups -OCH3 is 2. The molecule has 5 rings (SSSR count). The number of aromatic nitrogens is 4. The fourth-order valence-corrected chi connectivity index (χ4v) is 5.28. The molecule has 238 valence electrons. The lowest BCUT2D eigenvalue weighted by Gasteiger charge is -2.26. The molecule has 2 amide bonds. The van der Waals surface area contributed by atoms with E-state index >= 15 is 0 Å². The number of ether oxygens (including phenoxy) is 3. The molecule has 44 heavy (non-hydrogen) atoms. The van der Waals surface area contributed by atoms with Crippen molar-refractivity contribution in [3.8, 4) is 0 Å². The van der Waals surface area contributed by atoms with Crippen molar-refractivity contribution in [2.45, 2.75) is 83.9 Å². The van der Waals surface area contributed by atoms with Crippen LogP contribution < -0.4 is 10.7 Å². The summed E-state index contributed by atoms with van der Waals surface area (Å²) in [7, 11) is 6.05.